The summed E-state index contributed by atoms with van der Waals surface area (Å²) >= 11 is 0. The summed E-state index contributed by atoms with van der Waals surface area (Å²) < 4.78 is 24.2. The highest BCUT2D eigenvalue weighted by atomic mass is 16.7. The number of hydrogen-bond donors (Lipinski definition) is 3. The number of carboxylic acid groups (broad SMARTS) is 1. The second-order valence-electron chi connectivity index (χ2n) is 18.7. The molecule has 5 rings (SSSR count). The predicted octanol–water partition coefficient (Wildman–Crippen LogP) is 6.26. The van der Waals surface area contributed by atoms with Crippen LogP contribution in [0.15, 0.2) is 11.1 Å². The third kappa shape index (κ3) is 7.12. The Balaban J connectivity index is 1.48. The van der Waals surface area contributed by atoms with Crippen molar-refractivity contribution in [2.75, 3.05) is 0 Å². The monoisotopic (exact) mass is 718 g/mol. The molecule has 2 saturated carbocycles. The molecular weight excluding hydrogens is 656 g/mol. The fourth-order valence-electron chi connectivity index (χ4n) is 11.9. The van der Waals surface area contributed by atoms with Crippen molar-refractivity contribution < 1.29 is 53.4 Å². The number of carbonyl (C=O) groups is 4. The van der Waals surface area contributed by atoms with E-state index in [0.29, 0.717) is 12.8 Å². The average molecular weight is 719 g/mol. The summed E-state index contributed by atoms with van der Waals surface area (Å²) in [5.41, 5.74) is -1.08. The van der Waals surface area contributed by atoms with Crippen LogP contribution < -0.4 is 0 Å². The quantitative estimate of drug-likeness (QED) is 0.140. The van der Waals surface area contributed by atoms with E-state index in [1.54, 1.807) is 13.8 Å². The Labute approximate surface area is 303 Å². The zero-order chi connectivity index (χ0) is 38.1. The van der Waals surface area contributed by atoms with E-state index in [-0.39, 0.29) is 40.0 Å². The smallest absolute Gasteiger partial charge is 0.309 e. The highest BCUT2D eigenvalue weighted by molar-refractivity contribution is 5.74. The van der Waals surface area contributed by atoms with Gasteiger partial charge in [0, 0.05) is 25.2 Å². The van der Waals surface area contributed by atoms with Crippen molar-refractivity contribution in [2.24, 2.45) is 39.4 Å². The van der Waals surface area contributed by atoms with Crippen molar-refractivity contribution in [3.63, 3.8) is 0 Å². The largest absolute Gasteiger partial charge is 0.481 e. The highest BCUT2D eigenvalue weighted by Crippen LogP contribution is 2.73. The van der Waals surface area contributed by atoms with Crippen LogP contribution in [-0.2, 0) is 38.1 Å². The standard InChI is InChI=1S/C40H62O11/c1-22(41)48-33-28(50-32(45)21-37(7,47)20-31(43)44)19-38(8)26-16-18-39(9)25(15-17-40(39,10)27(26)12-13-29(38)35(33,3)4)24-11-14-30(36(5,6)46)51-34(24)49-23(2)42/h24-25,28-30,33-34,46-47H,11-21H2,1-10H3,(H,43,44)/t24?,25-,28-,29?,30-,33+,34-,37?,38-,39-,40+/m1/s1. The van der Waals surface area contributed by atoms with Gasteiger partial charge in [0.15, 0.2) is 0 Å². The summed E-state index contributed by atoms with van der Waals surface area (Å²) in [6, 6.07) is 0. The molecule has 0 aromatic rings. The van der Waals surface area contributed by atoms with Gasteiger partial charge in [-0.2, -0.15) is 0 Å². The van der Waals surface area contributed by atoms with Crippen LogP contribution in [0, 0.1) is 39.4 Å². The number of aliphatic hydroxyl groups is 2. The van der Waals surface area contributed by atoms with E-state index in [4.69, 9.17) is 18.9 Å². The Kier molecular flexibility index (Phi) is 10.4. The Bertz CT molecular complexity index is 1440. The number of ether oxygens (including phenoxy) is 4. The first kappa shape index (κ1) is 39.7. The first-order chi connectivity index (χ1) is 23.4. The van der Waals surface area contributed by atoms with E-state index in [1.165, 1.54) is 31.9 Å². The number of esters is 3. The van der Waals surface area contributed by atoms with Gasteiger partial charge in [0.05, 0.1) is 30.1 Å². The molecule has 0 spiro atoms. The number of aliphatic carboxylic acids is 1. The molecule has 0 amide bonds. The van der Waals surface area contributed by atoms with Crippen molar-refractivity contribution in [3.05, 3.63) is 11.1 Å². The number of fused-ring (bicyclic) bond motifs is 4. The van der Waals surface area contributed by atoms with Gasteiger partial charge in [-0.15, -0.1) is 0 Å². The molecule has 0 bridgehead atoms. The van der Waals surface area contributed by atoms with E-state index < -0.39 is 72.0 Å². The van der Waals surface area contributed by atoms with Crippen LogP contribution in [0.25, 0.3) is 0 Å². The third-order valence-electron chi connectivity index (χ3n) is 14.3. The molecule has 4 aliphatic carbocycles. The van der Waals surface area contributed by atoms with Crippen LogP contribution in [0.5, 0.6) is 0 Å². The minimum atomic E-state index is -1.79. The molecule has 0 radical (unpaired) electrons. The van der Waals surface area contributed by atoms with Crippen LogP contribution in [0.4, 0.5) is 0 Å². The van der Waals surface area contributed by atoms with E-state index in [9.17, 15) is 34.5 Å². The molecule has 3 unspecified atom stereocenters. The Morgan fingerprint density at radius 1 is 0.824 bits per heavy atom. The Morgan fingerprint density at radius 3 is 2.06 bits per heavy atom. The van der Waals surface area contributed by atoms with Gasteiger partial charge in [-0.3, -0.25) is 19.2 Å². The van der Waals surface area contributed by atoms with Gasteiger partial charge in [0.25, 0.3) is 0 Å². The molecule has 1 aliphatic heterocycles. The summed E-state index contributed by atoms with van der Waals surface area (Å²) in [7, 11) is 0. The van der Waals surface area contributed by atoms with Gasteiger partial charge in [0.2, 0.25) is 6.29 Å². The number of carbonyl (C=O) groups excluding carboxylic acids is 3. The van der Waals surface area contributed by atoms with Crippen molar-refractivity contribution in [1.29, 1.82) is 0 Å². The second-order valence-corrected chi connectivity index (χ2v) is 18.7. The normalized spacial score (nSPS) is 40.2. The second kappa shape index (κ2) is 13.4. The molecule has 5 aliphatic rings. The van der Waals surface area contributed by atoms with Crippen molar-refractivity contribution >= 4 is 23.9 Å². The summed E-state index contributed by atoms with van der Waals surface area (Å²) in [6.07, 6.45) is 3.77. The fraction of sp³-hybridized carbons (Fsp3) is 0.850. The summed E-state index contributed by atoms with van der Waals surface area (Å²) in [6.45, 7) is 18.8. The maximum Gasteiger partial charge on any atom is 0.309 e. The van der Waals surface area contributed by atoms with E-state index >= 15 is 0 Å². The molecule has 0 aromatic heterocycles. The van der Waals surface area contributed by atoms with Gasteiger partial charge >= 0.3 is 23.9 Å². The fourth-order valence-corrected chi connectivity index (χ4v) is 11.9. The average Bonchev–Trinajstić information content (AvgIpc) is 3.24. The SMILES string of the molecule is CC(=O)O[C@@H]1O[C@@H](C(C)(C)O)CCC1[C@H]1CC[C@@]2(C)C3=C(CC[C@]12C)[C@@]1(C)C[C@@H](OC(=O)CC(C)(O)CC(=O)O)[C@H](OC(C)=O)C(C)(C)C1CC3. The van der Waals surface area contributed by atoms with Crippen LogP contribution in [-0.4, -0.2) is 75.0 Å². The van der Waals surface area contributed by atoms with Gasteiger partial charge in [-0.25, -0.2) is 0 Å². The minimum absolute atomic E-state index is 0.00799. The maximum atomic E-state index is 13.3. The van der Waals surface area contributed by atoms with Gasteiger partial charge in [-0.05, 0) is 107 Å². The van der Waals surface area contributed by atoms with E-state index in [2.05, 4.69) is 34.6 Å². The van der Waals surface area contributed by atoms with Crippen LogP contribution >= 0.6 is 0 Å². The molecule has 3 fully saturated rings. The Hall–Kier alpha value is -2.50. The zero-order valence-electron chi connectivity index (χ0n) is 32.4. The van der Waals surface area contributed by atoms with Gasteiger partial charge in [-0.1, -0.05) is 45.8 Å². The van der Waals surface area contributed by atoms with Crippen LogP contribution in [0.2, 0.25) is 0 Å². The van der Waals surface area contributed by atoms with Gasteiger partial charge < -0.3 is 34.3 Å². The van der Waals surface area contributed by atoms with Crippen molar-refractivity contribution in [2.45, 2.75) is 176 Å². The van der Waals surface area contributed by atoms with Crippen molar-refractivity contribution in [1.82, 2.24) is 0 Å². The summed E-state index contributed by atoms with van der Waals surface area (Å²) in [5.74, 6) is -2.40. The van der Waals surface area contributed by atoms with Crippen LogP contribution in [0.3, 0.4) is 0 Å². The summed E-state index contributed by atoms with van der Waals surface area (Å²) in [5, 5.41) is 30.6. The lowest BCUT2D eigenvalue weighted by molar-refractivity contribution is -0.258. The first-order valence-electron chi connectivity index (χ1n) is 18.9. The molecule has 288 valence electrons. The minimum Gasteiger partial charge on any atom is -0.481 e. The predicted molar refractivity (Wildman–Crippen MR) is 187 cm³/mol. The number of hydrogen-bond acceptors (Lipinski definition) is 10. The number of carboxylic acids is 1. The molecule has 51 heavy (non-hydrogen) atoms. The molecule has 11 nitrogen and oxygen atoms in total. The lowest BCUT2D eigenvalue weighted by Gasteiger charge is -2.63. The summed E-state index contributed by atoms with van der Waals surface area (Å²) in [4.78, 5) is 49.3. The van der Waals surface area contributed by atoms with Gasteiger partial charge in [0.1, 0.15) is 12.2 Å². The number of allylic oxidation sites excluding steroid dienone is 2. The molecule has 11 atom stereocenters. The first-order valence-corrected chi connectivity index (χ1v) is 18.9. The van der Waals surface area contributed by atoms with E-state index in [1.807, 2.05) is 0 Å². The molecule has 0 aromatic carbocycles. The molecule has 1 heterocycles. The molecule has 1 saturated heterocycles. The Morgan fingerprint density at radius 2 is 1.47 bits per heavy atom. The molecule has 11 heteroatoms. The highest BCUT2D eigenvalue weighted by Gasteiger charge is 2.66. The lowest BCUT2D eigenvalue weighted by Crippen LogP contribution is -2.61. The topological polar surface area (TPSA) is 166 Å². The third-order valence-corrected chi connectivity index (χ3v) is 14.3. The van der Waals surface area contributed by atoms with Crippen molar-refractivity contribution in [3.8, 4) is 0 Å². The maximum absolute atomic E-state index is 13.3. The lowest BCUT2D eigenvalue weighted by atomic mass is 9.43. The molecular formula is C40H62O11. The number of rotatable bonds is 9. The van der Waals surface area contributed by atoms with E-state index in [0.717, 1.165) is 44.9 Å². The van der Waals surface area contributed by atoms with Crippen LogP contribution in [0.1, 0.15) is 140 Å². The zero-order valence-corrected chi connectivity index (χ0v) is 32.4. The molecule has 3 N–H and O–H groups in total.